The molecule has 1 saturated carbocycles. The number of benzene rings is 1. The molecule has 8 nitrogen and oxygen atoms in total. The number of carbonyl (C=O) groups is 3. The molecule has 2 fully saturated rings. The number of H-pyrrole nitrogens is 1. The zero-order valence-electron chi connectivity index (χ0n) is 20.2. The van der Waals surface area contributed by atoms with Gasteiger partial charge in [0.1, 0.15) is 11.6 Å². The van der Waals surface area contributed by atoms with Crippen LogP contribution in [0.3, 0.4) is 0 Å². The van der Waals surface area contributed by atoms with Crippen molar-refractivity contribution in [2.45, 2.75) is 68.7 Å². The van der Waals surface area contributed by atoms with Crippen molar-refractivity contribution in [3.05, 3.63) is 36.0 Å². The van der Waals surface area contributed by atoms with Gasteiger partial charge in [0, 0.05) is 36.7 Å². The molecule has 2 heterocycles. The van der Waals surface area contributed by atoms with Gasteiger partial charge in [0.15, 0.2) is 0 Å². The second kappa shape index (κ2) is 11.5. The van der Waals surface area contributed by atoms with Crippen molar-refractivity contribution in [2.75, 3.05) is 19.8 Å². The lowest BCUT2D eigenvalue weighted by atomic mass is 9.92. The summed E-state index contributed by atoms with van der Waals surface area (Å²) in [6, 6.07) is 6.96. The first-order chi connectivity index (χ1) is 16.9. The van der Waals surface area contributed by atoms with Crippen LogP contribution < -0.4 is 10.6 Å². The molecule has 3 N–H and O–H groups in total. The molecule has 0 unspecified atom stereocenters. The Bertz CT molecular complexity index is 1040. The van der Waals surface area contributed by atoms with E-state index in [0.717, 1.165) is 42.1 Å². The van der Waals surface area contributed by atoms with Crippen molar-refractivity contribution in [1.29, 1.82) is 0 Å². The van der Waals surface area contributed by atoms with Crippen LogP contribution in [0, 0.1) is 5.92 Å². The second-order valence-electron chi connectivity index (χ2n) is 9.51. The van der Waals surface area contributed by atoms with Crippen molar-refractivity contribution in [3.8, 4) is 0 Å². The van der Waals surface area contributed by atoms with E-state index in [0.29, 0.717) is 26.1 Å². The van der Waals surface area contributed by atoms with Crippen LogP contribution in [0.25, 0.3) is 10.9 Å². The van der Waals surface area contributed by atoms with Gasteiger partial charge in [-0.25, -0.2) is 4.79 Å². The number of nitrogens with one attached hydrogen (secondary N) is 3. The van der Waals surface area contributed by atoms with E-state index < -0.39 is 22.8 Å². The van der Waals surface area contributed by atoms with E-state index >= 15 is 0 Å². The van der Waals surface area contributed by atoms with Crippen LogP contribution in [-0.2, 0) is 30.3 Å². The Balaban J connectivity index is 1.50. The number of aromatic amines is 1. The van der Waals surface area contributed by atoms with Gasteiger partial charge >= 0.3 is 5.97 Å². The quantitative estimate of drug-likeness (QED) is 0.312. The van der Waals surface area contributed by atoms with E-state index in [1.165, 1.54) is 0 Å². The minimum absolute atomic E-state index is 0.114. The molecule has 1 aromatic carbocycles. The molecule has 35 heavy (non-hydrogen) atoms. The topological polar surface area (TPSA) is 110 Å². The van der Waals surface area contributed by atoms with Gasteiger partial charge in [-0.15, -0.1) is 0 Å². The largest absolute Gasteiger partial charge is 0.464 e. The fraction of sp³-hybridized carbons (Fsp3) is 0.577. The van der Waals surface area contributed by atoms with E-state index in [2.05, 4.69) is 28.2 Å². The molecule has 2 amide bonds. The average molecular weight is 502 g/mol. The van der Waals surface area contributed by atoms with Gasteiger partial charge in [-0.1, -0.05) is 31.0 Å². The molecule has 2 aromatic rings. The zero-order valence-corrected chi connectivity index (χ0v) is 21.1. The highest BCUT2D eigenvalue weighted by molar-refractivity contribution is 7.81. The maximum Gasteiger partial charge on any atom is 0.328 e. The fourth-order valence-electron chi connectivity index (χ4n) is 5.20. The number of hydrogen-bond donors (Lipinski definition) is 4. The highest BCUT2D eigenvalue weighted by Crippen LogP contribution is 2.32. The summed E-state index contributed by atoms with van der Waals surface area (Å²) in [5.41, 5.74) is 0.830. The van der Waals surface area contributed by atoms with Crippen LogP contribution in [0.15, 0.2) is 30.5 Å². The van der Waals surface area contributed by atoms with Crippen LogP contribution in [0.2, 0.25) is 0 Å². The smallest absolute Gasteiger partial charge is 0.328 e. The minimum Gasteiger partial charge on any atom is -0.464 e. The number of hydrogen-bond acceptors (Lipinski definition) is 6. The second-order valence-corrected chi connectivity index (χ2v) is 10.1. The number of rotatable bonds is 9. The van der Waals surface area contributed by atoms with Crippen LogP contribution in [-0.4, -0.2) is 59.4 Å². The first-order valence-corrected chi connectivity index (χ1v) is 13.1. The summed E-state index contributed by atoms with van der Waals surface area (Å²) >= 11 is 4.59. The van der Waals surface area contributed by atoms with Crippen molar-refractivity contribution >= 4 is 41.3 Å². The molecule has 0 spiro atoms. The fourth-order valence-corrected chi connectivity index (χ4v) is 5.56. The van der Waals surface area contributed by atoms with Crippen LogP contribution in [0.1, 0.15) is 51.0 Å². The first-order valence-electron chi connectivity index (χ1n) is 12.5. The summed E-state index contributed by atoms with van der Waals surface area (Å²) in [6.45, 7) is 3.20. The normalized spacial score (nSPS) is 19.7. The molecule has 0 bridgehead atoms. The molecule has 9 heteroatoms. The standard InChI is InChI=1S/C26H35N3O5S/c1-2-34-24(31)21(15-18-16-27-20-8-4-3-7-19(18)20)28-25(32)26(11-5-6-12-26)29-23(30)22(35)17-9-13-33-14-10-17/h3-4,7-8,16-17,21-22,27,35H,2,5-6,9-15H2,1H3,(H,28,32)(H,29,30)/t21-,22-/m0/s1. The lowest BCUT2D eigenvalue weighted by Gasteiger charge is -2.33. The Morgan fingerprint density at radius 3 is 2.63 bits per heavy atom. The summed E-state index contributed by atoms with van der Waals surface area (Å²) in [5.74, 6) is -0.946. The van der Waals surface area contributed by atoms with E-state index in [9.17, 15) is 14.4 Å². The first kappa shape index (κ1) is 25.6. The predicted octanol–water partition coefficient (Wildman–Crippen LogP) is 2.91. The average Bonchev–Trinajstić information content (AvgIpc) is 3.52. The highest BCUT2D eigenvalue weighted by atomic mass is 32.1. The maximum absolute atomic E-state index is 13.6. The van der Waals surface area contributed by atoms with E-state index in [4.69, 9.17) is 9.47 Å². The van der Waals surface area contributed by atoms with Crippen molar-refractivity contribution in [3.63, 3.8) is 0 Å². The number of esters is 1. The molecular formula is C26H35N3O5S. The molecule has 1 aliphatic heterocycles. The number of fused-ring (bicyclic) bond motifs is 1. The van der Waals surface area contributed by atoms with Gasteiger partial charge in [0.2, 0.25) is 11.8 Å². The molecule has 4 rings (SSSR count). The van der Waals surface area contributed by atoms with Crippen LogP contribution in [0.4, 0.5) is 0 Å². The van der Waals surface area contributed by atoms with Gasteiger partial charge in [-0.05, 0) is 50.2 Å². The third-order valence-electron chi connectivity index (χ3n) is 7.21. The van der Waals surface area contributed by atoms with E-state index in [1.54, 1.807) is 6.92 Å². The van der Waals surface area contributed by atoms with Gasteiger partial charge in [-0.2, -0.15) is 12.6 Å². The Kier molecular flexibility index (Phi) is 8.38. The van der Waals surface area contributed by atoms with Gasteiger partial charge in [0.05, 0.1) is 11.9 Å². The Hall–Kier alpha value is -2.52. The number of aromatic nitrogens is 1. The molecule has 1 aromatic heterocycles. The van der Waals surface area contributed by atoms with Crippen molar-refractivity contribution in [2.24, 2.45) is 5.92 Å². The number of carbonyl (C=O) groups excluding carboxylic acids is 3. The number of ether oxygens (including phenoxy) is 2. The lowest BCUT2D eigenvalue weighted by molar-refractivity contribution is -0.148. The Morgan fingerprint density at radius 1 is 1.20 bits per heavy atom. The molecule has 190 valence electrons. The number of amides is 2. The number of thiol groups is 1. The third kappa shape index (κ3) is 5.83. The Labute approximate surface area is 211 Å². The molecule has 2 aliphatic rings. The van der Waals surface area contributed by atoms with Gasteiger partial charge in [-0.3, -0.25) is 9.59 Å². The minimum atomic E-state index is -1.05. The molecule has 1 saturated heterocycles. The summed E-state index contributed by atoms with van der Waals surface area (Å²) in [6.07, 6.45) is 6.41. The molecule has 2 atom stereocenters. The predicted molar refractivity (Wildman–Crippen MR) is 136 cm³/mol. The molecule has 1 aliphatic carbocycles. The highest BCUT2D eigenvalue weighted by Gasteiger charge is 2.45. The van der Waals surface area contributed by atoms with E-state index in [1.807, 2.05) is 30.5 Å². The van der Waals surface area contributed by atoms with Crippen LogP contribution >= 0.6 is 12.6 Å². The van der Waals surface area contributed by atoms with Gasteiger partial charge in [0.25, 0.3) is 0 Å². The SMILES string of the molecule is CCOC(=O)[C@H](Cc1c[nH]c2ccccc12)NC(=O)C1(NC(=O)[C@@H](S)C2CCOCC2)CCCC1. The molecule has 0 radical (unpaired) electrons. The third-order valence-corrected chi connectivity index (χ3v) is 7.87. The number of para-hydroxylation sites is 1. The lowest BCUT2D eigenvalue weighted by Crippen LogP contribution is -2.61. The molecular weight excluding hydrogens is 466 g/mol. The van der Waals surface area contributed by atoms with Gasteiger partial charge < -0.3 is 25.1 Å². The summed E-state index contributed by atoms with van der Waals surface area (Å²) < 4.78 is 10.7. The van der Waals surface area contributed by atoms with Crippen molar-refractivity contribution < 1.29 is 23.9 Å². The van der Waals surface area contributed by atoms with Crippen LogP contribution in [0.5, 0.6) is 0 Å². The summed E-state index contributed by atoms with van der Waals surface area (Å²) in [5, 5.41) is 6.44. The zero-order chi connectivity index (χ0) is 24.8. The monoisotopic (exact) mass is 501 g/mol. The van der Waals surface area contributed by atoms with Crippen molar-refractivity contribution in [1.82, 2.24) is 15.6 Å². The summed E-state index contributed by atoms with van der Waals surface area (Å²) in [7, 11) is 0. The maximum atomic E-state index is 13.6. The summed E-state index contributed by atoms with van der Waals surface area (Å²) in [4.78, 5) is 42.8. The van der Waals surface area contributed by atoms with E-state index in [-0.39, 0.29) is 30.8 Å². The Morgan fingerprint density at radius 2 is 1.91 bits per heavy atom.